The van der Waals surface area contributed by atoms with Crippen molar-refractivity contribution in [1.82, 2.24) is 0 Å². The van der Waals surface area contributed by atoms with Crippen molar-refractivity contribution >= 4 is 17.3 Å². The van der Waals surface area contributed by atoms with E-state index >= 15 is 0 Å². The van der Waals surface area contributed by atoms with Crippen LogP contribution in [0.3, 0.4) is 0 Å². The molecule has 7 heteroatoms. The summed E-state index contributed by atoms with van der Waals surface area (Å²) in [6, 6.07) is 8.90. The highest BCUT2D eigenvalue weighted by atomic mass is 35.5. The first-order valence-electron chi connectivity index (χ1n) is 7.89. The molecule has 25 heavy (non-hydrogen) atoms. The molecule has 0 spiro atoms. The number of non-ortho nitro benzene ring substituents is 1. The normalized spacial score (nSPS) is 16.4. The fraction of sp³-hybridized carbons (Fsp3) is 0.333. The summed E-state index contributed by atoms with van der Waals surface area (Å²) in [7, 11) is 0. The van der Waals surface area contributed by atoms with Gasteiger partial charge in [-0.3, -0.25) is 10.1 Å². The third-order valence-corrected chi connectivity index (χ3v) is 4.65. The van der Waals surface area contributed by atoms with Gasteiger partial charge in [-0.25, -0.2) is 4.39 Å². The van der Waals surface area contributed by atoms with Crippen LogP contribution >= 0.6 is 11.6 Å². The molecule has 1 aliphatic rings. The molecule has 0 unspecified atom stereocenters. The average molecular weight is 366 g/mol. The number of hydrogen-bond donors (Lipinski definition) is 0. The van der Waals surface area contributed by atoms with Gasteiger partial charge in [0.15, 0.2) is 11.6 Å². The van der Waals surface area contributed by atoms with E-state index < -0.39 is 16.3 Å². The van der Waals surface area contributed by atoms with Crippen LogP contribution in [0.1, 0.15) is 24.0 Å². The van der Waals surface area contributed by atoms with E-state index in [2.05, 4.69) is 0 Å². The molecule has 1 saturated heterocycles. The molecule has 2 aromatic rings. The Kier molecular flexibility index (Phi) is 4.92. The molecule has 0 aromatic heterocycles. The minimum atomic E-state index is -0.760. The van der Waals surface area contributed by atoms with Crippen LogP contribution in [0.2, 0.25) is 5.02 Å². The van der Waals surface area contributed by atoms with Crippen LogP contribution in [-0.4, -0.2) is 18.1 Å². The number of nitro benzene ring substituents is 1. The lowest BCUT2D eigenvalue weighted by Crippen LogP contribution is -2.40. The third-order valence-electron chi connectivity index (χ3n) is 4.41. The van der Waals surface area contributed by atoms with Gasteiger partial charge in [-0.2, -0.15) is 0 Å². The lowest BCUT2D eigenvalue weighted by Gasteiger charge is -2.39. The second-order valence-corrected chi connectivity index (χ2v) is 6.48. The Bertz CT molecular complexity index is 806. The lowest BCUT2D eigenvalue weighted by molar-refractivity contribution is -0.385. The number of halogens is 2. The molecule has 1 heterocycles. The first kappa shape index (κ1) is 17.6. The molecular formula is C18H17ClFNO4. The van der Waals surface area contributed by atoms with Crippen molar-refractivity contribution in [2.45, 2.75) is 25.4 Å². The van der Waals surface area contributed by atoms with E-state index in [9.17, 15) is 14.5 Å². The standard InChI is InChI=1S/C18H17ClFNO4/c1-12-10-13(19)2-4-15(12)18(6-8-24-9-7-18)25-17-5-3-14(21(22)23)11-16(17)20/h2-5,10-11H,6-9H2,1H3. The maximum atomic E-state index is 14.3. The molecule has 0 bridgehead atoms. The molecule has 2 aromatic carbocycles. The number of ether oxygens (including phenoxy) is 2. The Hall–Kier alpha value is -2.18. The van der Waals surface area contributed by atoms with Crippen molar-refractivity contribution in [1.29, 1.82) is 0 Å². The van der Waals surface area contributed by atoms with Crippen molar-refractivity contribution in [3.63, 3.8) is 0 Å². The summed E-state index contributed by atoms with van der Waals surface area (Å²) in [4.78, 5) is 10.1. The largest absolute Gasteiger partial charge is 0.479 e. The Balaban J connectivity index is 2.01. The van der Waals surface area contributed by atoms with Crippen LogP contribution in [0.25, 0.3) is 0 Å². The maximum absolute atomic E-state index is 14.3. The van der Waals surface area contributed by atoms with Gasteiger partial charge in [0, 0.05) is 23.9 Å². The highest BCUT2D eigenvalue weighted by Gasteiger charge is 2.38. The Morgan fingerprint density at radius 2 is 1.96 bits per heavy atom. The molecular weight excluding hydrogens is 349 g/mol. The van der Waals surface area contributed by atoms with E-state index in [1.165, 1.54) is 12.1 Å². The van der Waals surface area contributed by atoms with Crippen LogP contribution in [0.15, 0.2) is 36.4 Å². The Morgan fingerprint density at radius 3 is 2.56 bits per heavy atom. The van der Waals surface area contributed by atoms with Crippen LogP contribution < -0.4 is 4.74 Å². The molecule has 1 aliphatic heterocycles. The number of rotatable bonds is 4. The molecule has 0 saturated carbocycles. The Labute approximate surface area is 149 Å². The van der Waals surface area contributed by atoms with Gasteiger partial charge in [0.25, 0.3) is 5.69 Å². The molecule has 0 amide bonds. The first-order chi connectivity index (χ1) is 11.9. The maximum Gasteiger partial charge on any atom is 0.272 e. The summed E-state index contributed by atoms with van der Waals surface area (Å²) in [5.74, 6) is -0.770. The van der Waals surface area contributed by atoms with E-state index in [4.69, 9.17) is 21.1 Å². The summed E-state index contributed by atoms with van der Waals surface area (Å²) < 4.78 is 25.9. The van der Waals surface area contributed by atoms with E-state index in [0.29, 0.717) is 31.1 Å². The van der Waals surface area contributed by atoms with Crippen molar-refractivity contribution in [2.75, 3.05) is 13.2 Å². The second-order valence-electron chi connectivity index (χ2n) is 6.04. The van der Waals surface area contributed by atoms with Gasteiger partial charge in [0.2, 0.25) is 0 Å². The minimum absolute atomic E-state index is 0.0122. The summed E-state index contributed by atoms with van der Waals surface area (Å²) >= 11 is 6.04. The molecule has 3 rings (SSSR count). The van der Waals surface area contributed by atoms with Gasteiger partial charge in [0.05, 0.1) is 24.2 Å². The van der Waals surface area contributed by atoms with Gasteiger partial charge in [-0.05, 0) is 36.2 Å². The zero-order valence-electron chi connectivity index (χ0n) is 13.6. The molecule has 0 atom stereocenters. The number of aryl methyl sites for hydroxylation is 1. The van der Waals surface area contributed by atoms with Gasteiger partial charge >= 0.3 is 0 Å². The summed E-state index contributed by atoms with van der Waals surface area (Å²) in [6.07, 6.45) is 1.10. The second kappa shape index (κ2) is 6.98. The predicted octanol–water partition coefficient (Wildman–Crippen LogP) is 4.78. The monoisotopic (exact) mass is 365 g/mol. The Morgan fingerprint density at radius 1 is 1.24 bits per heavy atom. The zero-order chi connectivity index (χ0) is 18.0. The molecule has 5 nitrogen and oxygen atoms in total. The summed E-state index contributed by atoms with van der Waals surface area (Å²) in [5, 5.41) is 11.4. The SMILES string of the molecule is Cc1cc(Cl)ccc1C1(Oc2ccc([N+](=O)[O-])cc2F)CCOCC1. The molecule has 0 N–H and O–H groups in total. The number of hydrogen-bond acceptors (Lipinski definition) is 4. The average Bonchev–Trinajstić information content (AvgIpc) is 2.57. The molecule has 0 radical (unpaired) electrons. The van der Waals surface area contributed by atoms with Crippen LogP contribution in [0, 0.1) is 22.9 Å². The first-order valence-corrected chi connectivity index (χ1v) is 8.26. The van der Waals surface area contributed by atoms with Gasteiger partial charge in [-0.1, -0.05) is 17.7 Å². The summed E-state index contributed by atoms with van der Waals surface area (Å²) in [5.41, 5.74) is 0.785. The minimum Gasteiger partial charge on any atom is -0.479 e. The predicted molar refractivity (Wildman–Crippen MR) is 91.6 cm³/mol. The van der Waals surface area contributed by atoms with Crippen LogP contribution in [0.5, 0.6) is 5.75 Å². The van der Waals surface area contributed by atoms with Crippen LogP contribution in [0.4, 0.5) is 10.1 Å². The molecule has 0 aliphatic carbocycles. The quantitative estimate of drug-likeness (QED) is 0.577. The van der Waals surface area contributed by atoms with Crippen molar-refractivity contribution in [2.24, 2.45) is 0 Å². The van der Waals surface area contributed by atoms with Gasteiger partial charge < -0.3 is 9.47 Å². The van der Waals surface area contributed by atoms with Crippen molar-refractivity contribution in [3.05, 3.63) is 68.5 Å². The number of benzene rings is 2. The fourth-order valence-electron chi connectivity index (χ4n) is 3.16. The third kappa shape index (κ3) is 3.60. The van der Waals surface area contributed by atoms with E-state index in [1.54, 1.807) is 6.07 Å². The van der Waals surface area contributed by atoms with Crippen molar-refractivity contribution < 1.29 is 18.8 Å². The van der Waals surface area contributed by atoms with Crippen LogP contribution in [-0.2, 0) is 10.3 Å². The number of nitro groups is 1. The topological polar surface area (TPSA) is 61.6 Å². The van der Waals surface area contributed by atoms with E-state index in [0.717, 1.165) is 17.2 Å². The molecule has 1 fully saturated rings. The summed E-state index contributed by atoms with van der Waals surface area (Å²) in [6.45, 7) is 2.89. The smallest absolute Gasteiger partial charge is 0.272 e. The van der Waals surface area contributed by atoms with Gasteiger partial charge in [0.1, 0.15) is 5.60 Å². The lowest BCUT2D eigenvalue weighted by atomic mass is 9.83. The molecule has 132 valence electrons. The van der Waals surface area contributed by atoms with Gasteiger partial charge in [-0.15, -0.1) is 0 Å². The number of nitrogens with zero attached hydrogens (tertiary/aromatic N) is 1. The van der Waals surface area contributed by atoms with Crippen molar-refractivity contribution in [3.8, 4) is 5.75 Å². The van der Waals surface area contributed by atoms with E-state index in [-0.39, 0.29) is 11.4 Å². The van der Waals surface area contributed by atoms with E-state index in [1.807, 2.05) is 19.1 Å². The zero-order valence-corrected chi connectivity index (χ0v) is 14.4. The fourth-order valence-corrected chi connectivity index (χ4v) is 3.39. The highest BCUT2D eigenvalue weighted by molar-refractivity contribution is 6.30. The highest BCUT2D eigenvalue weighted by Crippen LogP contribution is 2.40.